The maximum Gasteiger partial charge on any atom is 0.320 e. The number of carbonyl (C=O) groups is 2. The fraction of sp³-hybridized carbons (Fsp3) is 0.857. The van der Waals surface area contributed by atoms with Gasteiger partial charge in [0, 0.05) is 26.7 Å². The van der Waals surface area contributed by atoms with Gasteiger partial charge in [-0.1, -0.05) is 13.8 Å². The number of ketones is 1. The van der Waals surface area contributed by atoms with E-state index < -0.39 is 0 Å². The van der Waals surface area contributed by atoms with Crippen LogP contribution in [-0.2, 0) is 4.79 Å². The molecule has 1 aliphatic rings. The van der Waals surface area contributed by atoms with E-state index in [0.29, 0.717) is 0 Å². The molecule has 5 nitrogen and oxygen atoms in total. The van der Waals surface area contributed by atoms with Crippen LogP contribution in [0.15, 0.2) is 0 Å². The van der Waals surface area contributed by atoms with E-state index in [-0.39, 0.29) is 29.8 Å². The molecule has 0 saturated carbocycles. The molecule has 0 unspecified atom stereocenters. The van der Waals surface area contributed by atoms with Crippen molar-refractivity contribution in [1.82, 2.24) is 15.1 Å². The quantitative estimate of drug-likeness (QED) is 0.838. The highest BCUT2D eigenvalue weighted by atomic mass is 16.2. The first-order valence-electron chi connectivity index (χ1n) is 7.07. The predicted octanol–water partition coefficient (Wildman–Crippen LogP) is 1.34. The van der Waals surface area contributed by atoms with Crippen molar-refractivity contribution in [1.29, 1.82) is 0 Å². The molecule has 1 fully saturated rings. The molecular formula is C14H27N3O2. The molecule has 0 bridgehead atoms. The Morgan fingerprint density at radius 1 is 1.26 bits per heavy atom. The van der Waals surface area contributed by atoms with Gasteiger partial charge >= 0.3 is 6.03 Å². The first kappa shape index (κ1) is 16.0. The van der Waals surface area contributed by atoms with Gasteiger partial charge in [0.2, 0.25) is 0 Å². The van der Waals surface area contributed by atoms with Crippen LogP contribution in [0.25, 0.3) is 0 Å². The van der Waals surface area contributed by atoms with E-state index in [2.05, 4.69) is 5.32 Å². The molecule has 110 valence electrons. The molecule has 1 rings (SSSR count). The molecule has 2 atom stereocenters. The van der Waals surface area contributed by atoms with E-state index in [0.717, 1.165) is 25.9 Å². The summed E-state index contributed by atoms with van der Waals surface area (Å²) in [7, 11) is 3.55. The molecule has 0 spiro atoms. The second-order valence-corrected chi connectivity index (χ2v) is 5.80. The van der Waals surface area contributed by atoms with Crippen LogP contribution in [-0.4, -0.2) is 60.9 Å². The number of hydrogen-bond donors (Lipinski definition) is 1. The lowest BCUT2D eigenvalue weighted by atomic mass is 9.99. The number of nitrogens with zero attached hydrogens (tertiary/aromatic N) is 2. The molecular weight excluding hydrogens is 242 g/mol. The number of likely N-dealkylation sites (N-methyl/N-ethyl adjacent to an activating group) is 2. The maximum atomic E-state index is 12.5. The second-order valence-electron chi connectivity index (χ2n) is 5.80. The van der Waals surface area contributed by atoms with Crippen LogP contribution < -0.4 is 5.32 Å². The fourth-order valence-corrected chi connectivity index (χ4v) is 2.88. The van der Waals surface area contributed by atoms with Crippen LogP contribution in [0.1, 0.15) is 33.6 Å². The zero-order chi connectivity index (χ0) is 14.6. The lowest BCUT2D eigenvalue weighted by Gasteiger charge is -2.37. The van der Waals surface area contributed by atoms with Crippen LogP contribution in [0.2, 0.25) is 0 Å². The summed E-state index contributed by atoms with van der Waals surface area (Å²) in [6.45, 7) is 7.35. The zero-order valence-corrected chi connectivity index (χ0v) is 12.8. The molecule has 0 aromatic heterocycles. The molecule has 0 aromatic carbocycles. The number of hydrogen-bond acceptors (Lipinski definition) is 3. The third-order valence-electron chi connectivity index (χ3n) is 3.89. The predicted molar refractivity (Wildman–Crippen MR) is 76.1 cm³/mol. The average Bonchev–Trinajstić information content (AvgIpc) is 2.37. The van der Waals surface area contributed by atoms with Crippen molar-refractivity contribution in [2.24, 2.45) is 5.92 Å². The van der Waals surface area contributed by atoms with E-state index in [1.807, 2.05) is 20.9 Å². The minimum Gasteiger partial charge on any atom is -0.323 e. The molecule has 19 heavy (non-hydrogen) atoms. The summed E-state index contributed by atoms with van der Waals surface area (Å²) in [5.74, 6) is 0.172. The minimum atomic E-state index is -0.341. The van der Waals surface area contributed by atoms with Crippen molar-refractivity contribution in [2.45, 2.75) is 45.7 Å². The molecule has 1 N–H and O–H groups in total. The third-order valence-corrected chi connectivity index (χ3v) is 3.89. The van der Waals surface area contributed by atoms with Gasteiger partial charge in [0.05, 0.1) is 6.04 Å². The van der Waals surface area contributed by atoms with Crippen molar-refractivity contribution >= 4 is 11.8 Å². The van der Waals surface area contributed by atoms with Gasteiger partial charge in [0.1, 0.15) is 0 Å². The monoisotopic (exact) mass is 269 g/mol. The van der Waals surface area contributed by atoms with Gasteiger partial charge in [0.15, 0.2) is 5.78 Å². The van der Waals surface area contributed by atoms with Gasteiger partial charge in [-0.15, -0.1) is 0 Å². The summed E-state index contributed by atoms with van der Waals surface area (Å²) in [6, 6.07) is -0.183. The summed E-state index contributed by atoms with van der Waals surface area (Å²) in [4.78, 5) is 27.5. The Morgan fingerprint density at radius 2 is 1.89 bits per heavy atom. The number of nitrogens with one attached hydrogen (secondary N) is 1. The Kier molecular flexibility index (Phi) is 5.79. The lowest BCUT2D eigenvalue weighted by molar-refractivity contribution is -0.122. The Hall–Kier alpha value is -1.10. The SMILES string of the molecule is CC(=O)[C@H](C(C)C)N(C)C(=O)N(C)[C@H]1CCCNC1. The molecule has 0 radical (unpaired) electrons. The maximum absolute atomic E-state index is 12.5. The van der Waals surface area contributed by atoms with Crippen LogP contribution in [0.5, 0.6) is 0 Å². The Balaban J connectivity index is 2.71. The molecule has 5 heteroatoms. The summed E-state index contributed by atoms with van der Waals surface area (Å²) >= 11 is 0. The van der Waals surface area contributed by atoms with Crippen LogP contribution >= 0.6 is 0 Å². The van der Waals surface area contributed by atoms with Crippen LogP contribution in [0.3, 0.4) is 0 Å². The Morgan fingerprint density at radius 3 is 2.32 bits per heavy atom. The first-order chi connectivity index (χ1) is 8.86. The number of carbonyl (C=O) groups excluding carboxylic acids is 2. The van der Waals surface area contributed by atoms with Gasteiger partial charge in [-0.3, -0.25) is 4.79 Å². The van der Waals surface area contributed by atoms with Gasteiger partial charge in [-0.2, -0.15) is 0 Å². The van der Waals surface area contributed by atoms with Crippen LogP contribution in [0.4, 0.5) is 4.79 Å². The topological polar surface area (TPSA) is 52.7 Å². The largest absolute Gasteiger partial charge is 0.323 e. The van der Waals surface area contributed by atoms with Crippen molar-refractivity contribution in [3.63, 3.8) is 0 Å². The van der Waals surface area contributed by atoms with Gasteiger partial charge in [-0.25, -0.2) is 4.79 Å². The van der Waals surface area contributed by atoms with Gasteiger partial charge < -0.3 is 15.1 Å². The summed E-state index contributed by atoms with van der Waals surface area (Å²) in [5.41, 5.74) is 0. The standard InChI is InChI=1S/C14H27N3O2/c1-10(2)13(11(3)18)17(5)14(19)16(4)12-7-6-8-15-9-12/h10,12-13,15H,6-9H2,1-5H3/t12-,13-/m0/s1. The number of amides is 2. The van der Waals surface area contributed by atoms with E-state index in [1.165, 1.54) is 0 Å². The van der Waals surface area contributed by atoms with Gasteiger partial charge in [-0.05, 0) is 32.2 Å². The van der Waals surface area contributed by atoms with Crippen molar-refractivity contribution in [3.05, 3.63) is 0 Å². The van der Waals surface area contributed by atoms with Crippen molar-refractivity contribution in [3.8, 4) is 0 Å². The lowest BCUT2D eigenvalue weighted by Crippen LogP contribution is -2.54. The normalized spacial score (nSPS) is 21.1. The Labute approximate surface area is 116 Å². The second kappa shape index (κ2) is 6.89. The number of rotatable bonds is 4. The number of Topliss-reactive ketones (excluding diaryl/α,β-unsaturated/α-hetero) is 1. The number of piperidine rings is 1. The molecule has 1 aliphatic heterocycles. The highest BCUT2D eigenvalue weighted by Crippen LogP contribution is 2.15. The zero-order valence-electron chi connectivity index (χ0n) is 12.8. The van der Waals surface area contributed by atoms with E-state index in [1.54, 1.807) is 23.8 Å². The third kappa shape index (κ3) is 3.93. The highest BCUT2D eigenvalue weighted by molar-refractivity contribution is 5.87. The molecule has 0 aromatic rings. The fourth-order valence-electron chi connectivity index (χ4n) is 2.88. The molecule has 2 amide bonds. The molecule has 1 heterocycles. The summed E-state index contributed by atoms with van der Waals surface area (Å²) in [6.07, 6.45) is 2.11. The Bertz CT molecular complexity index is 325. The van der Waals surface area contributed by atoms with Gasteiger partial charge in [0.25, 0.3) is 0 Å². The minimum absolute atomic E-state index is 0.0426. The number of urea groups is 1. The van der Waals surface area contributed by atoms with E-state index in [4.69, 9.17) is 0 Å². The van der Waals surface area contributed by atoms with Crippen LogP contribution in [0, 0.1) is 5.92 Å². The van der Waals surface area contributed by atoms with Crippen molar-refractivity contribution < 1.29 is 9.59 Å². The molecule has 1 saturated heterocycles. The van der Waals surface area contributed by atoms with E-state index in [9.17, 15) is 9.59 Å². The molecule has 0 aliphatic carbocycles. The van der Waals surface area contributed by atoms with E-state index >= 15 is 0 Å². The smallest absolute Gasteiger partial charge is 0.320 e. The summed E-state index contributed by atoms with van der Waals surface area (Å²) < 4.78 is 0. The summed E-state index contributed by atoms with van der Waals surface area (Å²) in [5, 5.41) is 3.30. The first-order valence-corrected chi connectivity index (χ1v) is 7.07. The average molecular weight is 269 g/mol. The highest BCUT2D eigenvalue weighted by Gasteiger charge is 2.31. The van der Waals surface area contributed by atoms with Crippen molar-refractivity contribution in [2.75, 3.05) is 27.2 Å².